The summed E-state index contributed by atoms with van der Waals surface area (Å²) < 4.78 is 4.72. The molecule has 1 saturated carbocycles. The van der Waals surface area contributed by atoms with E-state index in [-0.39, 0.29) is 5.97 Å². The number of esters is 1. The second-order valence-electron chi connectivity index (χ2n) is 4.50. The van der Waals surface area contributed by atoms with Gasteiger partial charge >= 0.3 is 5.97 Å². The summed E-state index contributed by atoms with van der Waals surface area (Å²) in [6.07, 6.45) is 7.80. The lowest BCUT2D eigenvalue weighted by atomic mass is 9.90. The highest BCUT2D eigenvalue weighted by Gasteiger charge is 2.12. The smallest absolute Gasteiger partial charge is 0.340 e. The molecule has 94 valence electrons. The summed E-state index contributed by atoms with van der Waals surface area (Å²) >= 11 is 0. The molecule has 0 atom stereocenters. The van der Waals surface area contributed by atoms with Gasteiger partial charge in [-0.3, -0.25) is 0 Å². The number of carbonyl (C=O) groups is 1. The van der Waals surface area contributed by atoms with Gasteiger partial charge in [-0.05, 0) is 30.9 Å². The number of ether oxygens (including phenoxy) is 1. The average molecular weight is 243 g/mol. The van der Waals surface area contributed by atoms with Crippen molar-refractivity contribution >= 4 is 5.97 Å². The Balaban J connectivity index is 2.18. The zero-order valence-corrected chi connectivity index (χ0v) is 10.6. The molecule has 1 aliphatic carbocycles. The third-order valence-electron chi connectivity index (χ3n) is 3.21. The Morgan fingerprint density at radius 1 is 1.39 bits per heavy atom. The van der Waals surface area contributed by atoms with Crippen molar-refractivity contribution in [3.8, 4) is 11.8 Å². The van der Waals surface area contributed by atoms with Crippen LogP contribution < -0.4 is 0 Å². The molecule has 0 spiro atoms. The molecule has 1 aromatic heterocycles. The number of aromatic nitrogens is 1. The summed E-state index contributed by atoms with van der Waals surface area (Å²) in [5, 5.41) is 0. The molecule has 0 amide bonds. The van der Waals surface area contributed by atoms with Gasteiger partial charge in [0.2, 0.25) is 0 Å². The average Bonchev–Trinajstić information content (AvgIpc) is 2.45. The minimum Gasteiger partial charge on any atom is -0.465 e. The highest BCUT2D eigenvalue weighted by atomic mass is 16.5. The van der Waals surface area contributed by atoms with E-state index in [9.17, 15) is 4.79 Å². The van der Waals surface area contributed by atoms with Gasteiger partial charge in [0, 0.05) is 12.1 Å². The van der Waals surface area contributed by atoms with Crippen molar-refractivity contribution in [3.05, 3.63) is 29.6 Å². The molecular weight excluding hydrogens is 226 g/mol. The molecule has 0 saturated heterocycles. The quantitative estimate of drug-likeness (QED) is 0.562. The molecule has 1 heterocycles. The van der Waals surface area contributed by atoms with Crippen LogP contribution in [0, 0.1) is 17.8 Å². The number of hydrogen-bond donors (Lipinski definition) is 0. The predicted octanol–water partition coefficient (Wildman–Crippen LogP) is 2.80. The van der Waals surface area contributed by atoms with Crippen LogP contribution in [0.1, 0.15) is 48.2 Å². The van der Waals surface area contributed by atoms with Gasteiger partial charge in [0.1, 0.15) is 5.69 Å². The first-order chi connectivity index (χ1) is 8.81. The number of nitrogens with zero attached hydrogens (tertiary/aromatic N) is 1. The summed E-state index contributed by atoms with van der Waals surface area (Å²) in [4.78, 5) is 15.7. The second kappa shape index (κ2) is 6.20. The molecule has 18 heavy (non-hydrogen) atoms. The standard InChI is InChI=1S/C15H17NO2/c1-18-15(17)13-8-5-11-16-14(13)10-9-12-6-3-2-4-7-12/h5,8,11-12H,2-4,6-7H2,1H3. The Bertz CT molecular complexity index is 479. The number of methoxy groups -OCH3 is 1. The summed E-state index contributed by atoms with van der Waals surface area (Å²) in [7, 11) is 1.37. The highest BCUT2D eigenvalue weighted by molar-refractivity contribution is 5.91. The van der Waals surface area contributed by atoms with Gasteiger partial charge in [0.05, 0.1) is 12.7 Å². The van der Waals surface area contributed by atoms with Crippen LogP contribution in [-0.2, 0) is 4.74 Å². The molecule has 3 heteroatoms. The minimum absolute atomic E-state index is 0.379. The van der Waals surface area contributed by atoms with Gasteiger partial charge in [-0.25, -0.2) is 9.78 Å². The molecule has 0 aliphatic heterocycles. The maximum absolute atomic E-state index is 11.6. The van der Waals surface area contributed by atoms with E-state index < -0.39 is 0 Å². The Labute approximate surface area is 108 Å². The lowest BCUT2D eigenvalue weighted by Crippen LogP contribution is -2.06. The highest BCUT2D eigenvalue weighted by Crippen LogP contribution is 2.22. The van der Waals surface area contributed by atoms with Crippen LogP contribution in [0.4, 0.5) is 0 Å². The molecule has 0 radical (unpaired) electrons. The zero-order valence-electron chi connectivity index (χ0n) is 10.6. The Kier molecular flexibility index (Phi) is 4.35. The molecule has 0 N–H and O–H groups in total. The summed E-state index contributed by atoms with van der Waals surface area (Å²) in [5.41, 5.74) is 0.971. The van der Waals surface area contributed by atoms with E-state index in [1.54, 1.807) is 18.3 Å². The van der Waals surface area contributed by atoms with Gasteiger partial charge in [-0.15, -0.1) is 0 Å². The Morgan fingerprint density at radius 3 is 2.89 bits per heavy atom. The van der Waals surface area contributed by atoms with Crippen LogP contribution >= 0.6 is 0 Å². The van der Waals surface area contributed by atoms with E-state index in [1.807, 2.05) is 0 Å². The monoisotopic (exact) mass is 243 g/mol. The number of rotatable bonds is 1. The normalized spacial score (nSPS) is 15.6. The molecule has 0 bridgehead atoms. The maximum Gasteiger partial charge on any atom is 0.340 e. The van der Waals surface area contributed by atoms with Crippen LogP contribution in [0.5, 0.6) is 0 Å². The molecule has 0 aromatic carbocycles. The first-order valence-electron chi connectivity index (χ1n) is 6.36. The summed E-state index contributed by atoms with van der Waals surface area (Å²) in [6, 6.07) is 3.42. The van der Waals surface area contributed by atoms with E-state index in [0.29, 0.717) is 17.2 Å². The summed E-state index contributed by atoms with van der Waals surface area (Å²) in [6.45, 7) is 0. The third kappa shape index (κ3) is 3.10. The van der Waals surface area contributed by atoms with Gasteiger partial charge in [-0.2, -0.15) is 0 Å². The Hall–Kier alpha value is -1.82. The fourth-order valence-corrected chi connectivity index (χ4v) is 2.20. The van der Waals surface area contributed by atoms with Gasteiger partial charge < -0.3 is 4.74 Å². The first-order valence-corrected chi connectivity index (χ1v) is 6.36. The molecule has 1 aliphatic rings. The Morgan fingerprint density at radius 2 is 2.17 bits per heavy atom. The largest absolute Gasteiger partial charge is 0.465 e. The van der Waals surface area contributed by atoms with Crippen LogP contribution in [-0.4, -0.2) is 18.1 Å². The van der Waals surface area contributed by atoms with E-state index >= 15 is 0 Å². The van der Waals surface area contributed by atoms with Gasteiger partial charge in [0.25, 0.3) is 0 Å². The van der Waals surface area contributed by atoms with Crippen molar-refractivity contribution in [3.63, 3.8) is 0 Å². The lowest BCUT2D eigenvalue weighted by molar-refractivity contribution is 0.0600. The van der Waals surface area contributed by atoms with Gasteiger partial charge in [0.15, 0.2) is 0 Å². The van der Waals surface area contributed by atoms with Crippen molar-refractivity contribution in [2.75, 3.05) is 7.11 Å². The first kappa shape index (κ1) is 12.6. The topological polar surface area (TPSA) is 39.2 Å². The third-order valence-corrected chi connectivity index (χ3v) is 3.21. The fourth-order valence-electron chi connectivity index (χ4n) is 2.20. The van der Waals surface area contributed by atoms with Crippen molar-refractivity contribution in [2.45, 2.75) is 32.1 Å². The lowest BCUT2D eigenvalue weighted by Gasteiger charge is -2.15. The van der Waals surface area contributed by atoms with Crippen molar-refractivity contribution in [1.29, 1.82) is 0 Å². The van der Waals surface area contributed by atoms with E-state index in [0.717, 1.165) is 12.8 Å². The van der Waals surface area contributed by atoms with Crippen LogP contribution in [0.25, 0.3) is 0 Å². The summed E-state index contributed by atoms with van der Waals surface area (Å²) in [5.74, 6) is 6.34. The van der Waals surface area contributed by atoms with Crippen LogP contribution in [0.15, 0.2) is 18.3 Å². The molecular formula is C15H17NO2. The molecule has 2 rings (SSSR count). The van der Waals surface area contributed by atoms with E-state index in [1.165, 1.54) is 26.4 Å². The van der Waals surface area contributed by atoms with Crippen LogP contribution in [0.2, 0.25) is 0 Å². The van der Waals surface area contributed by atoms with Crippen molar-refractivity contribution < 1.29 is 9.53 Å². The van der Waals surface area contributed by atoms with E-state index in [4.69, 9.17) is 4.74 Å². The number of carbonyl (C=O) groups excluding carboxylic acids is 1. The zero-order chi connectivity index (χ0) is 12.8. The molecule has 1 aromatic rings. The second-order valence-corrected chi connectivity index (χ2v) is 4.50. The van der Waals surface area contributed by atoms with Gasteiger partial charge in [-0.1, -0.05) is 25.2 Å². The van der Waals surface area contributed by atoms with Crippen molar-refractivity contribution in [2.24, 2.45) is 5.92 Å². The molecule has 3 nitrogen and oxygen atoms in total. The van der Waals surface area contributed by atoms with Crippen LogP contribution in [0.3, 0.4) is 0 Å². The minimum atomic E-state index is -0.379. The molecule has 0 unspecified atom stereocenters. The predicted molar refractivity (Wildman–Crippen MR) is 69.0 cm³/mol. The SMILES string of the molecule is COC(=O)c1cccnc1C#CC1CCCCC1. The van der Waals surface area contributed by atoms with E-state index in [2.05, 4.69) is 16.8 Å². The number of hydrogen-bond acceptors (Lipinski definition) is 3. The fraction of sp³-hybridized carbons (Fsp3) is 0.467. The number of pyridine rings is 1. The molecule has 1 fully saturated rings. The van der Waals surface area contributed by atoms with Crippen molar-refractivity contribution in [1.82, 2.24) is 4.98 Å². The maximum atomic E-state index is 11.6.